The highest BCUT2D eigenvalue weighted by atomic mass is 35.5. The Kier molecular flexibility index (Phi) is 8.20. The molecular formula is C37H38ClFN8O3. The lowest BCUT2D eigenvalue weighted by Crippen LogP contribution is -2.66. The first kappa shape index (κ1) is 32.5. The van der Waals surface area contributed by atoms with E-state index in [1.807, 2.05) is 12.1 Å². The van der Waals surface area contributed by atoms with Crippen molar-refractivity contribution in [2.24, 2.45) is 0 Å². The summed E-state index contributed by atoms with van der Waals surface area (Å²) >= 11 is 6.99. The monoisotopic (exact) mass is 696 g/mol. The van der Waals surface area contributed by atoms with Crippen LogP contribution in [0.3, 0.4) is 0 Å². The SMILES string of the molecule is C=C1CCC2(CN(Cc3ncc(-c4cccc(-c5cccc(-c6cnc(CN7CC8(CCC(=O)N8)C7)c(OC)n6)c5Cl)c4F)nc3OC)C2)N1. The Morgan fingerprint density at radius 2 is 1.32 bits per heavy atom. The van der Waals surface area contributed by atoms with E-state index in [9.17, 15) is 4.79 Å². The number of rotatable bonds is 9. The zero-order chi connectivity index (χ0) is 34.6. The standard InChI is InChI=1S/C37H38ClFN8O3/c1-22-10-12-36(44-22)18-46(19-36)16-30-35(50-3)43-28(15-41-30)26-9-5-7-24(33(26)39)23-6-4-8-25(32(23)38)27-14-40-29(34(42-27)49-2)17-47-20-37(21-47)13-11-31(48)45-37/h4-9,14-15,44H,1,10-13,16-21H2,2-3H3,(H,45,48). The Bertz CT molecular complexity index is 1870. The summed E-state index contributed by atoms with van der Waals surface area (Å²) in [6.07, 6.45) is 6.77. The van der Waals surface area contributed by atoms with E-state index in [-0.39, 0.29) is 22.5 Å². The molecule has 2 aromatic carbocycles. The van der Waals surface area contributed by atoms with Crippen LogP contribution in [0.4, 0.5) is 4.39 Å². The summed E-state index contributed by atoms with van der Waals surface area (Å²) in [5, 5.41) is 6.97. The van der Waals surface area contributed by atoms with Gasteiger partial charge >= 0.3 is 0 Å². The zero-order valence-electron chi connectivity index (χ0n) is 28.1. The summed E-state index contributed by atoms with van der Waals surface area (Å²) in [6.45, 7) is 8.53. The number of benzene rings is 2. The molecule has 11 nitrogen and oxygen atoms in total. The van der Waals surface area contributed by atoms with Gasteiger partial charge in [-0.1, -0.05) is 48.5 Å². The molecular weight excluding hydrogens is 659 g/mol. The normalized spacial score (nSPS) is 19.3. The predicted molar refractivity (Wildman–Crippen MR) is 187 cm³/mol. The molecule has 50 heavy (non-hydrogen) atoms. The van der Waals surface area contributed by atoms with E-state index in [4.69, 9.17) is 26.1 Å². The minimum Gasteiger partial charge on any atom is -0.480 e. The van der Waals surface area contributed by atoms with Crippen molar-refractivity contribution in [3.05, 3.63) is 83.3 Å². The third-order valence-corrected chi connectivity index (χ3v) is 10.7. The van der Waals surface area contributed by atoms with Gasteiger partial charge in [-0.2, -0.15) is 0 Å². The third-order valence-electron chi connectivity index (χ3n) is 10.3. The number of nitrogens with one attached hydrogen (secondary N) is 2. The number of halogens is 2. The molecule has 0 aliphatic carbocycles. The first-order valence-electron chi connectivity index (χ1n) is 16.8. The van der Waals surface area contributed by atoms with Crippen LogP contribution in [0, 0.1) is 5.82 Å². The van der Waals surface area contributed by atoms with Gasteiger partial charge in [-0.15, -0.1) is 0 Å². The topological polar surface area (TPSA) is 118 Å². The van der Waals surface area contributed by atoms with Crippen LogP contribution in [0.5, 0.6) is 11.8 Å². The molecule has 0 radical (unpaired) electrons. The molecule has 0 saturated carbocycles. The molecule has 2 spiro atoms. The number of likely N-dealkylation sites (tertiary alicyclic amines) is 2. The molecule has 2 aromatic heterocycles. The van der Waals surface area contributed by atoms with E-state index in [0.29, 0.717) is 75.8 Å². The fourth-order valence-electron chi connectivity index (χ4n) is 7.88. The van der Waals surface area contributed by atoms with E-state index >= 15 is 4.39 Å². The quantitative estimate of drug-likeness (QED) is 0.248. The number of hydrogen-bond acceptors (Lipinski definition) is 10. The smallest absolute Gasteiger partial charge is 0.237 e. The maximum Gasteiger partial charge on any atom is 0.237 e. The van der Waals surface area contributed by atoms with Gasteiger partial charge in [0.1, 0.15) is 17.2 Å². The van der Waals surface area contributed by atoms with Gasteiger partial charge in [0.05, 0.1) is 54.1 Å². The second-order valence-corrected chi connectivity index (χ2v) is 14.3. The lowest BCUT2D eigenvalue weighted by atomic mass is 9.88. The number of allylic oxidation sites excluding steroid dienone is 1. The number of carbonyl (C=O) groups is 1. The van der Waals surface area contributed by atoms with Gasteiger partial charge in [-0.25, -0.2) is 14.4 Å². The van der Waals surface area contributed by atoms with Crippen LogP contribution in [-0.4, -0.2) is 87.1 Å². The van der Waals surface area contributed by atoms with Gasteiger partial charge in [-0.05, 0) is 25.3 Å². The number of aromatic nitrogens is 4. The minimum absolute atomic E-state index is 0.108. The number of carbonyl (C=O) groups excluding carboxylic acids is 1. The number of amides is 1. The fourth-order valence-corrected chi connectivity index (χ4v) is 8.20. The Morgan fingerprint density at radius 1 is 0.800 bits per heavy atom. The number of ether oxygens (including phenoxy) is 2. The van der Waals surface area contributed by atoms with Crippen molar-refractivity contribution in [3.63, 3.8) is 0 Å². The maximum absolute atomic E-state index is 16.4. The number of methoxy groups -OCH3 is 2. The van der Waals surface area contributed by atoms with Gasteiger partial charge in [0.2, 0.25) is 17.7 Å². The molecule has 4 saturated heterocycles. The summed E-state index contributed by atoms with van der Waals surface area (Å²) in [5.74, 6) is 0.393. The van der Waals surface area contributed by atoms with Crippen molar-refractivity contribution in [3.8, 4) is 45.4 Å². The summed E-state index contributed by atoms with van der Waals surface area (Å²) < 4.78 is 27.6. The van der Waals surface area contributed by atoms with E-state index in [1.165, 1.54) is 0 Å². The Balaban J connectivity index is 1.01. The Labute approximate surface area is 294 Å². The van der Waals surface area contributed by atoms with Gasteiger partial charge in [0.15, 0.2) is 0 Å². The second-order valence-electron chi connectivity index (χ2n) is 13.9. The van der Waals surface area contributed by atoms with Crippen molar-refractivity contribution in [1.82, 2.24) is 40.4 Å². The highest BCUT2D eigenvalue weighted by molar-refractivity contribution is 6.36. The molecule has 0 unspecified atom stereocenters. The van der Waals surface area contributed by atoms with Crippen LogP contribution >= 0.6 is 11.6 Å². The van der Waals surface area contributed by atoms with E-state index in [1.54, 1.807) is 50.9 Å². The molecule has 6 heterocycles. The lowest BCUT2D eigenvalue weighted by molar-refractivity contribution is -0.120. The van der Waals surface area contributed by atoms with Crippen molar-refractivity contribution in [1.29, 1.82) is 0 Å². The molecule has 13 heteroatoms. The van der Waals surface area contributed by atoms with Crippen LogP contribution in [0.25, 0.3) is 33.6 Å². The Hall–Kier alpha value is -4.65. The molecule has 0 bridgehead atoms. The fraction of sp³-hybridized carbons (Fsp3) is 0.378. The maximum atomic E-state index is 16.4. The predicted octanol–water partition coefficient (Wildman–Crippen LogP) is 4.99. The van der Waals surface area contributed by atoms with Crippen LogP contribution in [0.1, 0.15) is 37.1 Å². The van der Waals surface area contributed by atoms with Gasteiger partial charge in [0, 0.05) is 73.6 Å². The second kappa shape index (κ2) is 12.6. The average Bonchev–Trinajstić information content (AvgIpc) is 3.68. The minimum atomic E-state index is -0.474. The van der Waals surface area contributed by atoms with E-state index in [0.717, 1.165) is 51.1 Å². The van der Waals surface area contributed by atoms with Crippen molar-refractivity contribution >= 4 is 17.5 Å². The highest BCUT2D eigenvalue weighted by Gasteiger charge is 2.48. The number of hydrogen-bond donors (Lipinski definition) is 2. The van der Waals surface area contributed by atoms with Crippen molar-refractivity contribution < 1.29 is 18.7 Å². The van der Waals surface area contributed by atoms with Crippen molar-refractivity contribution in [2.45, 2.75) is 49.9 Å². The first-order valence-corrected chi connectivity index (χ1v) is 17.1. The van der Waals surface area contributed by atoms with E-state index < -0.39 is 5.82 Å². The molecule has 4 aromatic rings. The molecule has 4 aliphatic rings. The molecule has 8 rings (SSSR count). The average molecular weight is 697 g/mol. The largest absolute Gasteiger partial charge is 0.480 e. The van der Waals surface area contributed by atoms with Gasteiger partial charge < -0.3 is 20.1 Å². The highest BCUT2D eigenvalue weighted by Crippen LogP contribution is 2.40. The van der Waals surface area contributed by atoms with Crippen LogP contribution < -0.4 is 20.1 Å². The van der Waals surface area contributed by atoms with Crippen LogP contribution in [0.2, 0.25) is 5.02 Å². The first-order chi connectivity index (χ1) is 24.2. The van der Waals surface area contributed by atoms with Gasteiger partial charge in [0.25, 0.3) is 0 Å². The zero-order valence-corrected chi connectivity index (χ0v) is 28.8. The summed E-state index contributed by atoms with van der Waals surface area (Å²) in [7, 11) is 3.11. The molecule has 0 atom stereocenters. The molecule has 2 N–H and O–H groups in total. The molecule has 258 valence electrons. The van der Waals surface area contributed by atoms with Crippen molar-refractivity contribution in [2.75, 3.05) is 40.4 Å². The summed E-state index contributed by atoms with van der Waals surface area (Å²) in [6, 6.07) is 10.6. The third kappa shape index (κ3) is 5.84. The summed E-state index contributed by atoms with van der Waals surface area (Å²) in [4.78, 5) is 35.0. The summed E-state index contributed by atoms with van der Waals surface area (Å²) in [5.41, 5.74) is 5.05. The number of nitrogens with zero attached hydrogens (tertiary/aromatic N) is 6. The molecule has 1 amide bonds. The van der Waals surface area contributed by atoms with Crippen LogP contribution in [0.15, 0.2) is 61.1 Å². The van der Waals surface area contributed by atoms with Crippen LogP contribution in [-0.2, 0) is 17.9 Å². The van der Waals surface area contributed by atoms with Gasteiger partial charge in [-0.3, -0.25) is 24.6 Å². The molecule has 4 fully saturated rings. The van der Waals surface area contributed by atoms with E-state index in [2.05, 4.69) is 42.0 Å². The molecule has 4 aliphatic heterocycles. The Morgan fingerprint density at radius 3 is 1.86 bits per heavy atom. The lowest BCUT2D eigenvalue weighted by Gasteiger charge is -2.48.